The Kier molecular flexibility index (Phi) is 2.88. The van der Waals surface area contributed by atoms with Crippen molar-refractivity contribution >= 4 is 5.91 Å². The van der Waals surface area contributed by atoms with Crippen molar-refractivity contribution in [2.45, 2.75) is 32.2 Å². The minimum absolute atomic E-state index is 0.0240. The maximum Gasteiger partial charge on any atom is 0.233 e. The largest absolute Gasteiger partial charge is 0.352 e. The fourth-order valence-corrected chi connectivity index (χ4v) is 1.62. The average molecular weight is 156 g/mol. The second-order valence-electron chi connectivity index (χ2n) is 3.39. The Balaban J connectivity index is 2.23. The lowest BCUT2D eigenvalue weighted by atomic mass is 10.1. The standard InChI is InChI=1S/C8H16N2O/c1-6-2-3-7(4-6)10-8(11)5-9/h6-7H,2-5,9H2,1H3,(H,10,11). The molecule has 0 aromatic rings. The van der Waals surface area contributed by atoms with Crippen LogP contribution in [0.25, 0.3) is 0 Å². The molecule has 0 bridgehead atoms. The molecule has 11 heavy (non-hydrogen) atoms. The second kappa shape index (κ2) is 3.72. The van der Waals surface area contributed by atoms with E-state index >= 15 is 0 Å². The van der Waals surface area contributed by atoms with Crippen molar-refractivity contribution in [1.29, 1.82) is 0 Å². The molecule has 1 fully saturated rings. The van der Waals surface area contributed by atoms with Gasteiger partial charge in [-0.3, -0.25) is 4.79 Å². The van der Waals surface area contributed by atoms with Crippen LogP contribution in [0.3, 0.4) is 0 Å². The van der Waals surface area contributed by atoms with Crippen LogP contribution in [0.4, 0.5) is 0 Å². The molecule has 0 radical (unpaired) electrons. The van der Waals surface area contributed by atoms with Gasteiger partial charge in [0.1, 0.15) is 0 Å². The van der Waals surface area contributed by atoms with E-state index in [4.69, 9.17) is 5.73 Å². The molecular weight excluding hydrogens is 140 g/mol. The van der Waals surface area contributed by atoms with Gasteiger partial charge in [-0.15, -0.1) is 0 Å². The minimum atomic E-state index is -0.0240. The van der Waals surface area contributed by atoms with Gasteiger partial charge in [-0.05, 0) is 25.2 Å². The Bertz CT molecular complexity index is 147. The Morgan fingerprint density at radius 2 is 2.36 bits per heavy atom. The van der Waals surface area contributed by atoms with Gasteiger partial charge in [-0.1, -0.05) is 6.92 Å². The highest BCUT2D eigenvalue weighted by Gasteiger charge is 2.21. The highest BCUT2D eigenvalue weighted by Crippen LogP contribution is 2.24. The molecule has 0 aliphatic heterocycles. The lowest BCUT2D eigenvalue weighted by Gasteiger charge is -2.10. The van der Waals surface area contributed by atoms with Crippen molar-refractivity contribution in [3.63, 3.8) is 0 Å². The third-order valence-corrected chi connectivity index (χ3v) is 2.25. The summed E-state index contributed by atoms with van der Waals surface area (Å²) >= 11 is 0. The van der Waals surface area contributed by atoms with Crippen LogP contribution in [0.15, 0.2) is 0 Å². The number of carbonyl (C=O) groups excluding carboxylic acids is 1. The minimum Gasteiger partial charge on any atom is -0.352 e. The fraction of sp³-hybridized carbons (Fsp3) is 0.875. The van der Waals surface area contributed by atoms with E-state index < -0.39 is 0 Å². The van der Waals surface area contributed by atoms with Crippen LogP contribution in [-0.2, 0) is 4.79 Å². The van der Waals surface area contributed by atoms with Gasteiger partial charge in [0.15, 0.2) is 0 Å². The molecule has 0 heterocycles. The first kappa shape index (κ1) is 8.53. The molecular formula is C8H16N2O. The maximum atomic E-state index is 10.8. The number of carbonyl (C=O) groups is 1. The molecule has 3 heteroatoms. The first-order valence-corrected chi connectivity index (χ1v) is 4.21. The molecule has 1 aliphatic carbocycles. The molecule has 64 valence electrons. The molecule has 0 aromatic heterocycles. The Labute approximate surface area is 67.3 Å². The van der Waals surface area contributed by atoms with Crippen LogP contribution in [-0.4, -0.2) is 18.5 Å². The number of hydrogen-bond acceptors (Lipinski definition) is 2. The van der Waals surface area contributed by atoms with Crippen LogP contribution in [0.5, 0.6) is 0 Å². The van der Waals surface area contributed by atoms with Gasteiger partial charge in [-0.25, -0.2) is 0 Å². The summed E-state index contributed by atoms with van der Waals surface area (Å²) in [4.78, 5) is 10.8. The SMILES string of the molecule is CC1CCC(NC(=O)CN)C1. The van der Waals surface area contributed by atoms with Crippen molar-refractivity contribution in [3.8, 4) is 0 Å². The van der Waals surface area contributed by atoms with Gasteiger partial charge in [0.05, 0.1) is 6.54 Å². The zero-order valence-electron chi connectivity index (χ0n) is 6.97. The number of amides is 1. The quantitative estimate of drug-likeness (QED) is 0.602. The summed E-state index contributed by atoms with van der Waals surface area (Å²) in [5.74, 6) is 0.738. The molecule has 3 N–H and O–H groups in total. The van der Waals surface area contributed by atoms with Gasteiger partial charge in [0.25, 0.3) is 0 Å². The van der Waals surface area contributed by atoms with Crippen LogP contribution < -0.4 is 11.1 Å². The van der Waals surface area contributed by atoms with Crippen LogP contribution in [0.2, 0.25) is 0 Å². The van der Waals surface area contributed by atoms with Gasteiger partial charge >= 0.3 is 0 Å². The smallest absolute Gasteiger partial charge is 0.233 e. The molecule has 1 aliphatic rings. The van der Waals surface area contributed by atoms with E-state index in [2.05, 4.69) is 12.2 Å². The molecule has 2 atom stereocenters. The summed E-state index contributed by atoms with van der Waals surface area (Å²) in [6, 6.07) is 0.390. The first-order valence-electron chi connectivity index (χ1n) is 4.21. The Morgan fingerprint density at radius 3 is 2.82 bits per heavy atom. The van der Waals surface area contributed by atoms with Gasteiger partial charge in [0, 0.05) is 6.04 Å². The van der Waals surface area contributed by atoms with Crippen molar-refractivity contribution in [1.82, 2.24) is 5.32 Å². The molecule has 3 nitrogen and oxygen atoms in total. The predicted molar refractivity (Wildman–Crippen MR) is 44.0 cm³/mol. The lowest BCUT2D eigenvalue weighted by molar-refractivity contribution is -0.120. The van der Waals surface area contributed by atoms with Gasteiger partial charge < -0.3 is 11.1 Å². The zero-order chi connectivity index (χ0) is 8.27. The molecule has 2 unspecified atom stereocenters. The van der Waals surface area contributed by atoms with E-state index in [1.54, 1.807) is 0 Å². The number of nitrogens with two attached hydrogens (primary N) is 1. The van der Waals surface area contributed by atoms with Gasteiger partial charge in [-0.2, -0.15) is 0 Å². The molecule has 1 saturated carbocycles. The van der Waals surface area contributed by atoms with E-state index in [1.807, 2.05) is 0 Å². The van der Waals surface area contributed by atoms with E-state index in [9.17, 15) is 4.79 Å². The highest BCUT2D eigenvalue weighted by atomic mass is 16.1. The number of hydrogen-bond donors (Lipinski definition) is 2. The topological polar surface area (TPSA) is 55.1 Å². The van der Waals surface area contributed by atoms with Crippen LogP contribution in [0, 0.1) is 5.92 Å². The fourth-order valence-electron chi connectivity index (χ4n) is 1.62. The number of rotatable bonds is 2. The Hall–Kier alpha value is -0.570. The second-order valence-corrected chi connectivity index (χ2v) is 3.39. The average Bonchev–Trinajstić information content (AvgIpc) is 2.35. The Morgan fingerprint density at radius 1 is 1.64 bits per heavy atom. The summed E-state index contributed by atoms with van der Waals surface area (Å²) in [6.07, 6.45) is 3.47. The molecule has 1 amide bonds. The molecule has 1 rings (SSSR count). The van der Waals surface area contributed by atoms with E-state index in [-0.39, 0.29) is 12.5 Å². The zero-order valence-corrected chi connectivity index (χ0v) is 6.97. The molecule has 0 spiro atoms. The summed E-state index contributed by atoms with van der Waals surface area (Å²) in [7, 11) is 0. The summed E-state index contributed by atoms with van der Waals surface area (Å²) in [6.45, 7) is 2.33. The van der Waals surface area contributed by atoms with E-state index in [0.29, 0.717) is 6.04 Å². The van der Waals surface area contributed by atoms with Crippen LogP contribution in [0.1, 0.15) is 26.2 Å². The summed E-state index contributed by atoms with van der Waals surface area (Å²) in [5, 5.41) is 2.90. The summed E-state index contributed by atoms with van der Waals surface area (Å²) < 4.78 is 0. The molecule has 0 saturated heterocycles. The third kappa shape index (κ3) is 2.50. The monoisotopic (exact) mass is 156 g/mol. The van der Waals surface area contributed by atoms with E-state index in [1.165, 1.54) is 6.42 Å². The van der Waals surface area contributed by atoms with Crippen molar-refractivity contribution < 1.29 is 4.79 Å². The third-order valence-electron chi connectivity index (χ3n) is 2.25. The normalized spacial score (nSPS) is 30.4. The van der Waals surface area contributed by atoms with Gasteiger partial charge in [0.2, 0.25) is 5.91 Å². The molecule has 0 aromatic carbocycles. The predicted octanol–water partition coefficient (Wildman–Crippen LogP) is 0.250. The first-order chi connectivity index (χ1) is 5.22. The van der Waals surface area contributed by atoms with Crippen molar-refractivity contribution in [2.75, 3.05) is 6.54 Å². The van der Waals surface area contributed by atoms with Crippen LogP contribution >= 0.6 is 0 Å². The maximum absolute atomic E-state index is 10.8. The van der Waals surface area contributed by atoms with E-state index in [0.717, 1.165) is 18.8 Å². The number of nitrogens with one attached hydrogen (secondary N) is 1. The highest BCUT2D eigenvalue weighted by molar-refractivity contribution is 5.78. The van der Waals surface area contributed by atoms with Crippen molar-refractivity contribution in [2.24, 2.45) is 11.7 Å². The van der Waals surface area contributed by atoms with Crippen molar-refractivity contribution in [3.05, 3.63) is 0 Å². The lowest BCUT2D eigenvalue weighted by Crippen LogP contribution is -2.37. The summed E-state index contributed by atoms with van der Waals surface area (Å²) in [5.41, 5.74) is 5.17.